The minimum atomic E-state index is 0.189. The molecule has 8 heavy (non-hydrogen) atoms. The van der Waals surface area contributed by atoms with Crippen LogP contribution in [0.5, 0.6) is 0 Å². The van der Waals surface area contributed by atoms with Crippen molar-refractivity contribution >= 4 is 0 Å². The third kappa shape index (κ3) is 0.752. The summed E-state index contributed by atoms with van der Waals surface area (Å²) in [5.74, 6) is 0.808. The van der Waals surface area contributed by atoms with Gasteiger partial charge in [-0.3, -0.25) is 0 Å². The monoisotopic (exact) mass is 113 g/mol. The molecule has 1 fully saturated rings. The minimum Gasteiger partial charge on any atom is -0.325 e. The van der Waals surface area contributed by atoms with Gasteiger partial charge >= 0.3 is 0 Å². The molecule has 0 aromatic heterocycles. The van der Waals surface area contributed by atoms with E-state index < -0.39 is 0 Å². The predicted octanol–water partition coefficient (Wildman–Crippen LogP) is 1.52. The van der Waals surface area contributed by atoms with Crippen LogP contribution in [0.3, 0.4) is 0 Å². The van der Waals surface area contributed by atoms with Gasteiger partial charge in [0.05, 0.1) is 0 Å². The summed E-state index contributed by atoms with van der Waals surface area (Å²) in [7, 11) is 0. The van der Waals surface area contributed by atoms with Gasteiger partial charge in [-0.05, 0) is 25.7 Å². The van der Waals surface area contributed by atoms with Crippen LogP contribution in [-0.2, 0) is 0 Å². The predicted molar refractivity (Wildman–Crippen MR) is 35.6 cm³/mol. The second-order valence-corrected chi connectivity index (χ2v) is 3.15. The summed E-state index contributed by atoms with van der Waals surface area (Å²) in [6.45, 7) is 4.37. The Morgan fingerprint density at radius 2 is 2.38 bits per heavy atom. The summed E-state index contributed by atoms with van der Waals surface area (Å²) in [6.07, 6.45) is 3.84. The third-order valence-electron chi connectivity index (χ3n) is 2.46. The van der Waals surface area contributed by atoms with Gasteiger partial charge in [-0.15, -0.1) is 0 Å². The molecule has 1 heteroatoms. The molecule has 0 radical (unpaired) electrons. The zero-order valence-corrected chi connectivity index (χ0v) is 5.78. The van der Waals surface area contributed by atoms with Crippen molar-refractivity contribution in [1.82, 2.24) is 0 Å². The van der Waals surface area contributed by atoms with Crippen LogP contribution < -0.4 is 5.73 Å². The van der Waals surface area contributed by atoms with Gasteiger partial charge in [-0.25, -0.2) is 0 Å². The van der Waals surface area contributed by atoms with Gasteiger partial charge in [0.15, 0.2) is 0 Å². The maximum atomic E-state index is 5.88. The summed E-state index contributed by atoms with van der Waals surface area (Å²) < 4.78 is 0. The van der Waals surface area contributed by atoms with Crippen molar-refractivity contribution in [2.45, 2.75) is 38.6 Å². The zero-order valence-electron chi connectivity index (χ0n) is 5.78. The van der Waals surface area contributed by atoms with Crippen LogP contribution in [0.4, 0.5) is 0 Å². The molecule has 2 atom stereocenters. The number of nitrogens with two attached hydrogens (primary N) is 1. The molecule has 0 aromatic rings. The van der Waals surface area contributed by atoms with E-state index in [4.69, 9.17) is 5.73 Å². The first-order valence-corrected chi connectivity index (χ1v) is 3.45. The van der Waals surface area contributed by atoms with E-state index in [0.717, 1.165) is 5.92 Å². The second kappa shape index (κ2) is 1.73. The van der Waals surface area contributed by atoms with Crippen molar-refractivity contribution in [2.75, 3.05) is 0 Å². The molecule has 1 saturated carbocycles. The lowest BCUT2D eigenvalue weighted by atomic mass is 9.67. The van der Waals surface area contributed by atoms with Gasteiger partial charge in [0.2, 0.25) is 0 Å². The van der Waals surface area contributed by atoms with Crippen LogP contribution >= 0.6 is 0 Å². The Bertz CT molecular complexity index is 84.4. The molecule has 48 valence electrons. The van der Waals surface area contributed by atoms with Crippen LogP contribution in [0.15, 0.2) is 0 Å². The van der Waals surface area contributed by atoms with Crippen molar-refractivity contribution in [2.24, 2.45) is 11.7 Å². The van der Waals surface area contributed by atoms with Crippen molar-refractivity contribution in [3.63, 3.8) is 0 Å². The summed E-state index contributed by atoms with van der Waals surface area (Å²) in [6, 6.07) is 0. The molecule has 1 aliphatic rings. The Kier molecular flexibility index (Phi) is 1.31. The van der Waals surface area contributed by atoms with Gasteiger partial charge in [0.1, 0.15) is 0 Å². The molecular formula is C7H15N. The van der Waals surface area contributed by atoms with E-state index >= 15 is 0 Å². The molecule has 0 bridgehead atoms. The number of rotatable bonds is 1. The highest BCUT2D eigenvalue weighted by Crippen LogP contribution is 2.37. The molecule has 0 aromatic carbocycles. The highest BCUT2D eigenvalue weighted by atomic mass is 14.8. The van der Waals surface area contributed by atoms with Crippen LogP contribution in [0, 0.1) is 5.92 Å². The van der Waals surface area contributed by atoms with Gasteiger partial charge < -0.3 is 5.73 Å². The fraction of sp³-hybridized carbons (Fsp3) is 1.00. The van der Waals surface area contributed by atoms with Crippen LogP contribution in [-0.4, -0.2) is 5.54 Å². The lowest BCUT2D eigenvalue weighted by Gasteiger charge is -2.43. The van der Waals surface area contributed by atoms with E-state index in [1.807, 2.05) is 0 Å². The number of hydrogen-bond donors (Lipinski definition) is 1. The summed E-state index contributed by atoms with van der Waals surface area (Å²) >= 11 is 0. The highest BCUT2D eigenvalue weighted by Gasteiger charge is 2.37. The molecule has 0 saturated heterocycles. The van der Waals surface area contributed by atoms with Crippen molar-refractivity contribution < 1.29 is 0 Å². The molecule has 2 N–H and O–H groups in total. The quantitative estimate of drug-likeness (QED) is 0.548. The smallest absolute Gasteiger partial charge is 0.0154 e. The first-order valence-electron chi connectivity index (χ1n) is 3.45. The van der Waals surface area contributed by atoms with Crippen molar-refractivity contribution in [3.8, 4) is 0 Å². The standard InChI is InChI=1S/C7H15N/c1-3-6-4-5-7(6,2)8/h6H,3-5,8H2,1-2H3. The second-order valence-electron chi connectivity index (χ2n) is 3.15. The Morgan fingerprint density at radius 1 is 1.75 bits per heavy atom. The summed E-state index contributed by atoms with van der Waals surface area (Å²) in [4.78, 5) is 0. The van der Waals surface area contributed by atoms with E-state index in [2.05, 4.69) is 13.8 Å². The summed E-state index contributed by atoms with van der Waals surface area (Å²) in [5, 5.41) is 0. The molecule has 1 aliphatic carbocycles. The molecule has 2 unspecified atom stereocenters. The van der Waals surface area contributed by atoms with E-state index in [1.165, 1.54) is 19.3 Å². The Hall–Kier alpha value is -0.0400. The summed E-state index contributed by atoms with van der Waals surface area (Å²) in [5.41, 5.74) is 6.07. The molecule has 1 nitrogen and oxygen atoms in total. The van der Waals surface area contributed by atoms with E-state index in [9.17, 15) is 0 Å². The Balaban J connectivity index is 2.37. The Morgan fingerprint density at radius 3 is 2.38 bits per heavy atom. The topological polar surface area (TPSA) is 26.0 Å². The van der Waals surface area contributed by atoms with Gasteiger partial charge in [0.25, 0.3) is 0 Å². The maximum absolute atomic E-state index is 5.88. The Labute approximate surface area is 51.3 Å². The van der Waals surface area contributed by atoms with E-state index in [0.29, 0.717) is 0 Å². The average Bonchev–Trinajstić information content (AvgIpc) is 1.66. The fourth-order valence-electron chi connectivity index (χ4n) is 1.47. The average molecular weight is 113 g/mol. The SMILES string of the molecule is CCC1CCC1(C)N. The van der Waals surface area contributed by atoms with Gasteiger partial charge in [-0.2, -0.15) is 0 Å². The molecule has 1 rings (SSSR count). The third-order valence-corrected chi connectivity index (χ3v) is 2.46. The zero-order chi connectivity index (χ0) is 6.20. The molecular weight excluding hydrogens is 98.1 g/mol. The molecule has 0 spiro atoms. The van der Waals surface area contributed by atoms with Gasteiger partial charge in [-0.1, -0.05) is 13.3 Å². The van der Waals surface area contributed by atoms with E-state index in [1.54, 1.807) is 0 Å². The first-order chi connectivity index (χ1) is 3.67. The lowest BCUT2D eigenvalue weighted by molar-refractivity contribution is 0.143. The largest absolute Gasteiger partial charge is 0.325 e. The van der Waals surface area contributed by atoms with Gasteiger partial charge in [0, 0.05) is 5.54 Å². The van der Waals surface area contributed by atoms with Crippen LogP contribution in [0.2, 0.25) is 0 Å². The van der Waals surface area contributed by atoms with Crippen LogP contribution in [0.25, 0.3) is 0 Å². The maximum Gasteiger partial charge on any atom is 0.0154 e. The first kappa shape index (κ1) is 6.09. The number of hydrogen-bond acceptors (Lipinski definition) is 1. The fourth-order valence-corrected chi connectivity index (χ4v) is 1.47. The van der Waals surface area contributed by atoms with Crippen molar-refractivity contribution in [1.29, 1.82) is 0 Å². The minimum absolute atomic E-state index is 0.189. The lowest BCUT2D eigenvalue weighted by Crippen LogP contribution is -2.51. The molecule has 0 aliphatic heterocycles. The highest BCUT2D eigenvalue weighted by molar-refractivity contribution is 4.95. The van der Waals surface area contributed by atoms with E-state index in [-0.39, 0.29) is 5.54 Å². The van der Waals surface area contributed by atoms with Crippen molar-refractivity contribution in [3.05, 3.63) is 0 Å². The normalized spacial score (nSPS) is 46.1. The molecule has 0 amide bonds. The molecule has 0 heterocycles. The van der Waals surface area contributed by atoms with Crippen LogP contribution in [0.1, 0.15) is 33.1 Å².